The van der Waals surface area contributed by atoms with Gasteiger partial charge in [-0.05, 0) is 78.6 Å². The van der Waals surface area contributed by atoms with Crippen LogP contribution in [0.2, 0.25) is 0 Å². The molecule has 23 heavy (non-hydrogen) atoms. The maximum absolute atomic E-state index is 12.8. The van der Waals surface area contributed by atoms with Gasteiger partial charge in [-0.3, -0.25) is 4.79 Å². The van der Waals surface area contributed by atoms with E-state index in [1.807, 2.05) is 0 Å². The first-order chi connectivity index (χ1) is 10.9. The first kappa shape index (κ1) is 18.7. The Labute approximate surface area is 143 Å². The molecule has 134 valence electrons. The first-order valence-electron chi connectivity index (χ1n) is 9.54. The topological polar surface area (TPSA) is 26.8 Å². The van der Waals surface area contributed by atoms with E-state index >= 15 is 0 Å². The van der Waals surface area contributed by atoms with E-state index < -0.39 is 0 Å². The van der Waals surface area contributed by atoms with Gasteiger partial charge in [0.05, 0.1) is 0 Å². The van der Waals surface area contributed by atoms with E-state index in [4.69, 9.17) is 0 Å². The van der Waals surface area contributed by atoms with Gasteiger partial charge >= 0.3 is 0 Å². The van der Waals surface area contributed by atoms with E-state index in [0.717, 1.165) is 45.6 Å². The molecule has 0 unspecified atom stereocenters. The van der Waals surface area contributed by atoms with Crippen LogP contribution in [-0.4, -0.2) is 73.5 Å². The molecule has 0 radical (unpaired) electrons. The van der Waals surface area contributed by atoms with Crippen molar-refractivity contribution >= 4 is 5.91 Å². The van der Waals surface area contributed by atoms with Crippen LogP contribution in [0.25, 0.3) is 0 Å². The highest BCUT2D eigenvalue weighted by molar-refractivity contribution is 5.79. The molecule has 0 aromatic rings. The van der Waals surface area contributed by atoms with Crippen LogP contribution >= 0.6 is 0 Å². The molecule has 2 aliphatic rings. The zero-order valence-electron chi connectivity index (χ0n) is 16.0. The summed E-state index contributed by atoms with van der Waals surface area (Å²) < 4.78 is 0. The molecule has 0 spiro atoms. The number of nitrogens with zero attached hydrogens (tertiary/aromatic N) is 3. The van der Waals surface area contributed by atoms with Crippen LogP contribution < -0.4 is 0 Å². The summed E-state index contributed by atoms with van der Waals surface area (Å²) in [4.78, 5) is 19.8. The Morgan fingerprint density at radius 3 is 2.22 bits per heavy atom. The van der Waals surface area contributed by atoms with Gasteiger partial charge in [-0.25, -0.2) is 0 Å². The average molecular weight is 324 g/mol. The van der Waals surface area contributed by atoms with Gasteiger partial charge in [0.2, 0.25) is 5.91 Å². The predicted octanol–water partition coefficient (Wildman–Crippen LogP) is 2.69. The number of hydrogen-bond donors (Lipinski definition) is 0. The lowest BCUT2D eigenvalue weighted by Crippen LogP contribution is -2.50. The summed E-state index contributed by atoms with van der Waals surface area (Å²) >= 11 is 0. The lowest BCUT2D eigenvalue weighted by Gasteiger charge is -2.45. The van der Waals surface area contributed by atoms with Crippen LogP contribution in [-0.2, 0) is 4.79 Å². The van der Waals surface area contributed by atoms with Gasteiger partial charge in [-0.15, -0.1) is 0 Å². The summed E-state index contributed by atoms with van der Waals surface area (Å²) in [5.74, 6) is 0.707. The molecular weight excluding hydrogens is 286 g/mol. The van der Waals surface area contributed by atoms with E-state index in [1.54, 1.807) is 0 Å². The third-order valence-corrected chi connectivity index (χ3v) is 6.42. The van der Waals surface area contributed by atoms with E-state index in [2.05, 4.69) is 49.6 Å². The summed E-state index contributed by atoms with van der Waals surface area (Å²) in [6.07, 6.45) is 5.64. The van der Waals surface area contributed by atoms with Crippen molar-refractivity contribution in [2.75, 3.05) is 46.8 Å². The number of carbonyl (C=O) groups excluding carboxylic acids is 1. The number of rotatable bonds is 5. The van der Waals surface area contributed by atoms with E-state index in [1.165, 1.54) is 19.3 Å². The lowest BCUT2D eigenvalue weighted by atomic mass is 9.75. The monoisotopic (exact) mass is 323 g/mol. The van der Waals surface area contributed by atoms with Crippen molar-refractivity contribution < 1.29 is 4.79 Å². The Morgan fingerprint density at radius 1 is 1.17 bits per heavy atom. The number of likely N-dealkylation sites (tertiary alicyclic amines) is 2. The normalized spacial score (nSPS) is 23.7. The summed E-state index contributed by atoms with van der Waals surface area (Å²) in [6.45, 7) is 12.1. The minimum absolute atomic E-state index is 0.277. The van der Waals surface area contributed by atoms with Crippen molar-refractivity contribution in [2.45, 2.75) is 58.9 Å². The molecule has 0 N–H and O–H groups in total. The van der Waals surface area contributed by atoms with Crippen molar-refractivity contribution in [1.82, 2.24) is 14.7 Å². The van der Waals surface area contributed by atoms with Crippen molar-refractivity contribution in [1.29, 1.82) is 0 Å². The summed E-state index contributed by atoms with van der Waals surface area (Å²) in [7, 11) is 4.39. The van der Waals surface area contributed by atoms with E-state index in [0.29, 0.717) is 17.4 Å². The molecule has 2 aliphatic heterocycles. The molecule has 0 bridgehead atoms. The molecule has 0 aromatic heterocycles. The molecule has 2 saturated heterocycles. The molecule has 2 fully saturated rings. The van der Waals surface area contributed by atoms with Gasteiger partial charge < -0.3 is 14.7 Å². The number of amides is 1. The summed E-state index contributed by atoms with van der Waals surface area (Å²) in [5.41, 5.74) is 0.405. The Kier molecular flexibility index (Phi) is 6.49. The van der Waals surface area contributed by atoms with Crippen LogP contribution in [0.5, 0.6) is 0 Å². The first-order valence-corrected chi connectivity index (χ1v) is 9.54. The second kappa shape index (κ2) is 7.98. The van der Waals surface area contributed by atoms with Gasteiger partial charge in [0.15, 0.2) is 0 Å². The van der Waals surface area contributed by atoms with Gasteiger partial charge in [-0.2, -0.15) is 0 Å². The molecule has 4 nitrogen and oxygen atoms in total. The van der Waals surface area contributed by atoms with E-state index in [9.17, 15) is 4.79 Å². The fourth-order valence-electron chi connectivity index (χ4n) is 4.05. The van der Waals surface area contributed by atoms with Gasteiger partial charge in [-0.1, -0.05) is 6.92 Å². The van der Waals surface area contributed by atoms with Crippen molar-refractivity contribution in [2.24, 2.45) is 11.3 Å². The van der Waals surface area contributed by atoms with Crippen LogP contribution in [0, 0.1) is 11.3 Å². The molecule has 2 heterocycles. The smallest absolute Gasteiger partial charge is 0.225 e. The second-order valence-corrected chi connectivity index (χ2v) is 8.27. The number of hydrogen-bond acceptors (Lipinski definition) is 3. The zero-order chi connectivity index (χ0) is 17.0. The Hall–Kier alpha value is -0.610. The molecule has 1 amide bonds. The average Bonchev–Trinajstić information content (AvgIpc) is 2.55. The predicted molar refractivity (Wildman–Crippen MR) is 96.5 cm³/mol. The molecular formula is C19H37N3O. The van der Waals surface area contributed by atoms with Crippen molar-refractivity contribution in [3.05, 3.63) is 0 Å². The standard InChI is InChI=1S/C19H37N3O/c1-6-19(15-21(5)16(2)3)9-13-22(14-10-19)18(23)17-7-11-20(4)12-8-17/h16-17H,6-15H2,1-5H3. The maximum atomic E-state index is 12.8. The highest BCUT2D eigenvalue weighted by Crippen LogP contribution is 2.36. The van der Waals surface area contributed by atoms with Gasteiger partial charge in [0.1, 0.15) is 0 Å². The molecule has 0 saturated carbocycles. The van der Waals surface area contributed by atoms with Gasteiger partial charge in [0.25, 0.3) is 0 Å². The van der Waals surface area contributed by atoms with Crippen molar-refractivity contribution in [3.63, 3.8) is 0 Å². The Morgan fingerprint density at radius 2 is 1.74 bits per heavy atom. The highest BCUT2D eigenvalue weighted by atomic mass is 16.2. The molecule has 4 heteroatoms. The van der Waals surface area contributed by atoms with Gasteiger partial charge in [0, 0.05) is 31.6 Å². The fraction of sp³-hybridized carbons (Fsp3) is 0.947. The summed E-state index contributed by atoms with van der Waals surface area (Å²) in [5, 5.41) is 0. The largest absolute Gasteiger partial charge is 0.342 e. The number of carbonyl (C=O) groups is 1. The quantitative estimate of drug-likeness (QED) is 0.778. The SMILES string of the molecule is CCC1(CN(C)C(C)C)CCN(C(=O)C2CCN(C)CC2)CC1. The second-order valence-electron chi connectivity index (χ2n) is 8.27. The maximum Gasteiger partial charge on any atom is 0.225 e. The van der Waals surface area contributed by atoms with Crippen molar-refractivity contribution in [3.8, 4) is 0 Å². The molecule has 2 rings (SSSR count). The van der Waals surface area contributed by atoms with E-state index in [-0.39, 0.29) is 5.92 Å². The fourth-order valence-corrected chi connectivity index (χ4v) is 4.05. The third kappa shape index (κ3) is 4.69. The van der Waals surface area contributed by atoms with Crippen LogP contribution in [0.15, 0.2) is 0 Å². The third-order valence-electron chi connectivity index (χ3n) is 6.42. The lowest BCUT2D eigenvalue weighted by molar-refractivity contribution is -0.139. The highest BCUT2D eigenvalue weighted by Gasteiger charge is 2.37. The minimum Gasteiger partial charge on any atom is -0.342 e. The number of piperidine rings is 2. The summed E-state index contributed by atoms with van der Waals surface area (Å²) in [6, 6.07) is 0.595. The van der Waals surface area contributed by atoms with Crippen LogP contribution in [0.1, 0.15) is 52.9 Å². The Balaban J connectivity index is 1.87. The Bertz CT molecular complexity index is 380. The van der Waals surface area contributed by atoms with Crippen LogP contribution in [0.4, 0.5) is 0 Å². The van der Waals surface area contributed by atoms with Crippen LogP contribution in [0.3, 0.4) is 0 Å². The minimum atomic E-state index is 0.277. The molecule has 0 aliphatic carbocycles. The zero-order valence-corrected chi connectivity index (χ0v) is 16.0. The molecule has 0 aromatic carbocycles. The molecule has 0 atom stereocenters.